The van der Waals surface area contributed by atoms with Crippen LogP contribution in [0.25, 0.3) is 0 Å². The molecule has 0 saturated heterocycles. The predicted molar refractivity (Wildman–Crippen MR) is 107 cm³/mol. The number of carbonyl (C=O) groups excluding carboxylic acids is 4. The van der Waals surface area contributed by atoms with E-state index in [4.69, 9.17) is 15.2 Å². The van der Waals surface area contributed by atoms with E-state index < -0.39 is 47.2 Å². The van der Waals surface area contributed by atoms with Gasteiger partial charge in [0.05, 0.1) is 0 Å². The number of nitrogens with one attached hydrogen (secondary N) is 3. The summed E-state index contributed by atoms with van der Waals surface area (Å²) in [5, 5.41) is 7.13. The van der Waals surface area contributed by atoms with Gasteiger partial charge in [0, 0.05) is 12.3 Å². The maximum absolute atomic E-state index is 12.1. The van der Waals surface area contributed by atoms with Crippen LogP contribution in [0.15, 0.2) is 0 Å². The third-order valence-electron chi connectivity index (χ3n) is 2.82. The molecule has 0 aliphatic rings. The Balaban J connectivity index is 4.42. The molecule has 0 aliphatic heterocycles. The molecule has 11 heteroatoms. The Kier molecular flexibility index (Phi) is 10.3. The van der Waals surface area contributed by atoms with Crippen molar-refractivity contribution in [3.63, 3.8) is 0 Å². The first kappa shape index (κ1) is 26.0. The number of hydrogen-bond acceptors (Lipinski definition) is 8. The molecule has 162 valence electrons. The van der Waals surface area contributed by atoms with Gasteiger partial charge in [-0.05, 0) is 41.5 Å². The van der Waals surface area contributed by atoms with Crippen LogP contribution >= 0.6 is 12.6 Å². The Morgan fingerprint density at radius 1 is 0.964 bits per heavy atom. The smallest absolute Gasteiger partial charge is 0.325 e. The third-order valence-corrected chi connectivity index (χ3v) is 3.19. The summed E-state index contributed by atoms with van der Waals surface area (Å²) in [5.74, 6) is -1.88. The molecule has 0 aliphatic carbocycles. The van der Waals surface area contributed by atoms with Gasteiger partial charge in [-0.2, -0.15) is 12.6 Å². The van der Waals surface area contributed by atoms with E-state index in [2.05, 4.69) is 28.6 Å². The summed E-state index contributed by atoms with van der Waals surface area (Å²) in [4.78, 5) is 47.4. The van der Waals surface area contributed by atoms with E-state index in [1.165, 1.54) is 0 Å². The van der Waals surface area contributed by atoms with E-state index in [0.29, 0.717) is 0 Å². The summed E-state index contributed by atoms with van der Waals surface area (Å²) in [6, 6.07) is -2.77. The maximum atomic E-state index is 12.1. The van der Waals surface area contributed by atoms with Gasteiger partial charge in [-0.25, -0.2) is 4.79 Å². The van der Waals surface area contributed by atoms with Crippen molar-refractivity contribution < 1.29 is 28.7 Å². The molecule has 0 aromatic heterocycles. The largest absolute Gasteiger partial charge is 0.459 e. The van der Waals surface area contributed by atoms with Crippen LogP contribution in [0.4, 0.5) is 4.79 Å². The van der Waals surface area contributed by atoms with Gasteiger partial charge in [0.2, 0.25) is 5.91 Å². The lowest BCUT2D eigenvalue weighted by Gasteiger charge is -2.23. The van der Waals surface area contributed by atoms with Gasteiger partial charge in [0.25, 0.3) is 0 Å². The molecule has 0 radical (unpaired) electrons. The molecule has 5 N–H and O–H groups in total. The average molecular weight is 421 g/mol. The highest BCUT2D eigenvalue weighted by Crippen LogP contribution is 2.07. The van der Waals surface area contributed by atoms with Crippen molar-refractivity contribution in [1.82, 2.24) is 16.0 Å². The van der Waals surface area contributed by atoms with Crippen molar-refractivity contribution in [3.05, 3.63) is 0 Å². The fraction of sp³-hybridized carbons (Fsp3) is 0.765. The van der Waals surface area contributed by atoms with Crippen LogP contribution < -0.4 is 21.7 Å². The van der Waals surface area contributed by atoms with Crippen LogP contribution in [0.2, 0.25) is 0 Å². The SMILES string of the molecule is CC(C)(C)OC(=O)CNC(=O)C(CS)NC(=O)NCC(N)C(=O)OC(C)(C)C. The molecule has 2 unspecified atom stereocenters. The van der Waals surface area contributed by atoms with E-state index in [-0.39, 0.29) is 18.8 Å². The van der Waals surface area contributed by atoms with E-state index >= 15 is 0 Å². The molecule has 0 heterocycles. The van der Waals surface area contributed by atoms with E-state index in [0.717, 1.165) is 0 Å². The van der Waals surface area contributed by atoms with Gasteiger partial charge < -0.3 is 31.2 Å². The lowest BCUT2D eigenvalue weighted by molar-refractivity contribution is -0.156. The number of rotatable bonds is 8. The number of esters is 2. The van der Waals surface area contributed by atoms with Gasteiger partial charge in [-0.15, -0.1) is 0 Å². The fourth-order valence-corrected chi connectivity index (χ4v) is 1.98. The Labute approximate surface area is 171 Å². The fourth-order valence-electron chi connectivity index (χ4n) is 1.73. The summed E-state index contributed by atoms with van der Waals surface area (Å²) in [7, 11) is 0. The van der Waals surface area contributed by atoms with Crippen LogP contribution in [-0.4, -0.2) is 66.0 Å². The Morgan fingerprint density at radius 3 is 1.96 bits per heavy atom. The van der Waals surface area contributed by atoms with Crippen molar-refractivity contribution in [2.45, 2.75) is 64.8 Å². The van der Waals surface area contributed by atoms with Crippen LogP contribution in [0.5, 0.6) is 0 Å². The van der Waals surface area contributed by atoms with Crippen molar-refractivity contribution >= 4 is 36.5 Å². The molecule has 0 saturated carbocycles. The molecule has 0 bridgehead atoms. The second-order valence-corrected chi connectivity index (χ2v) is 8.40. The van der Waals surface area contributed by atoms with E-state index in [1.807, 2.05) is 0 Å². The summed E-state index contributed by atoms with van der Waals surface area (Å²) in [6.07, 6.45) is 0. The van der Waals surface area contributed by atoms with Gasteiger partial charge >= 0.3 is 18.0 Å². The standard InChI is InChI=1S/C17H32N4O6S/c1-16(2,3)26-12(22)8-19-13(23)11(9-28)21-15(25)20-7-10(18)14(24)27-17(4,5)6/h10-11,28H,7-9,18H2,1-6H3,(H,19,23)(H2,20,21,25). The summed E-state index contributed by atoms with van der Waals surface area (Å²) >= 11 is 4.01. The molecule has 3 amide bonds. The zero-order valence-corrected chi connectivity index (χ0v) is 18.1. The Morgan fingerprint density at radius 2 is 1.50 bits per heavy atom. The lowest BCUT2D eigenvalue weighted by atomic mass is 10.2. The number of ether oxygens (including phenoxy) is 2. The Hall–Kier alpha value is -2.01. The molecule has 0 aromatic rings. The van der Waals surface area contributed by atoms with E-state index in [1.54, 1.807) is 41.5 Å². The first-order chi connectivity index (χ1) is 12.6. The highest BCUT2D eigenvalue weighted by atomic mass is 32.1. The minimum absolute atomic E-state index is 0.00824. The third kappa shape index (κ3) is 12.4. The zero-order valence-electron chi connectivity index (χ0n) is 17.3. The number of hydrogen-bond donors (Lipinski definition) is 5. The minimum Gasteiger partial charge on any atom is -0.459 e. The lowest BCUT2D eigenvalue weighted by Crippen LogP contribution is -2.54. The molecule has 0 spiro atoms. The molecule has 2 atom stereocenters. The van der Waals surface area contributed by atoms with Crippen molar-refractivity contribution in [1.29, 1.82) is 0 Å². The van der Waals surface area contributed by atoms with Crippen molar-refractivity contribution in [2.75, 3.05) is 18.8 Å². The van der Waals surface area contributed by atoms with Crippen LogP contribution in [0.3, 0.4) is 0 Å². The summed E-state index contributed by atoms with van der Waals surface area (Å²) < 4.78 is 10.2. The molecular formula is C17H32N4O6S. The van der Waals surface area contributed by atoms with Crippen LogP contribution in [0, 0.1) is 0 Å². The quantitative estimate of drug-likeness (QED) is 0.268. The molecule has 0 fully saturated rings. The van der Waals surface area contributed by atoms with E-state index in [9.17, 15) is 19.2 Å². The number of nitrogens with two attached hydrogens (primary N) is 1. The summed E-state index contributed by atoms with van der Waals surface area (Å²) in [5.41, 5.74) is 4.30. The first-order valence-electron chi connectivity index (χ1n) is 8.78. The predicted octanol–water partition coefficient (Wildman–Crippen LogP) is -0.289. The number of thiol groups is 1. The van der Waals surface area contributed by atoms with Gasteiger partial charge in [-0.3, -0.25) is 14.4 Å². The average Bonchev–Trinajstić information content (AvgIpc) is 2.52. The van der Waals surface area contributed by atoms with Gasteiger partial charge in [0.1, 0.15) is 29.8 Å². The minimum atomic E-state index is -1.06. The van der Waals surface area contributed by atoms with Crippen LogP contribution in [-0.2, 0) is 23.9 Å². The number of carbonyl (C=O) groups is 4. The maximum Gasteiger partial charge on any atom is 0.325 e. The van der Waals surface area contributed by atoms with Gasteiger partial charge in [0.15, 0.2) is 0 Å². The number of amides is 3. The van der Waals surface area contributed by atoms with Gasteiger partial charge in [-0.1, -0.05) is 0 Å². The topological polar surface area (TPSA) is 149 Å². The monoisotopic (exact) mass is 420 g/mol. The van der Waals surface area contributed by atoms with Crippen LogP contribution in [0.1, 0.15) is 41.5 Å². The van der Waals surface area contributed by atoms with Crippen molar-refractivity contribution in [2.24, 2.45) is 5.73 Å². The molecular weight excluding hydrogens is 388 g/mol. The Bertz CT molecular complexity index is 571. The molecule has 0 aromatic carbocycles. The molecule has 28 heavy (non-hydrogen) atoms. The number of urea groups is 1. The second kappa shape index (κ2) is 11.1. The second-order valence-electron chi connectivity index (χ2n) is 8.03. The normalized spacial score (nSPS) is 13.7. The molecule has 10 nitrogen and oxygen atoms in total. The highest BCUT2D eigenvalue weighted by Gasteiger charge is 2.24. The summed E-state index contributed by atoms with van der Waals surface area (Å²) in [6.45, 7) is 9.69. The highest BCUT2D eigenvalue weighted by molar-refractivity contribution is 7.80. The first-order valence-corrected chi connectivity index (χ1v) is 9.41. The zero-order chi connectivity index (χ0) is 22.1. The van der Waals surface area contributed by atoms with Crippen molar-refractivity contribution in [3.8, 4) is 0 Å². The molecule has 0 rings (SSSR count).